The van der Waals surface area contributed by atoms with E-state index in [1.807, 2.05) is 48.5 Å². The van der Waals surface area contributed by atoms with E-state index in [9.17, 15) is 14.7 Å². The number of fused-ring (bicyclic) bond motifs is 1. The lowest BCUT2D eigenvalue weighted by Crippen LogP contribution is -2.28. The van der Waals surface area contributed by atoms with E-state index < -0.39 is 5.97 Å². The van der Waals surface area contributed by atoms with Gasteiger partial charge in [0.05, 0.1) is 16.6 Å². The van der Waals surface area contributed by atoms with Crippen molar-refractivity contribution >= 4 is 62.7 Å². The van der Waals surface area contributed by atoms with E-state index >= 15 is 0 Å². The number of carbonyl (C=O) groups is 2. The standard InChI is InChI=1S/C21H13NO3S2/c23-19-18(12-15-6-3-5-13-4-1-2-7-17(13)15)27-21(26)22(19)16-10-8-14(9-11-16)20(24)25/h1-12H,(H,24,25)/p-1/b18-12-. The Morgan fingerprint density at radius 2 is 1.70 bits per heavy atom. The number of anilines is 1. The molecule has 1 saturated heterocycles. The fourth-order valence-corrected chi connectivity index (χ4v) is 4.24. The summed E-state index contributed by atoms with van der Waals surface area (Å²) in [6, 6.07) is 19.8. The summed E-state index contributed by atoms with van der Waals surface area (Å²) in [5.41, 5.74) is 1.53. The molecule has 0 N–H and O–H groups in total. The molecule has 0 atom stereocenters. The molecular weight excluding hydrogens is 378 g/mol. The molecule has 4 nitrogen and oxygen atoms in total. The molecule has 27 heavy (non-hydrogen) atoms. The highest BCUT2D eigenvalue weighted by molar-refractivity contribution is 8.27. The van der Waals surface area contributed by atoms with Crippen LogP contribution in [0.2, 0.25) is 0 Å². The lowest BCUT2D eigenvalue weighted by atomic mass is 10.0. The van der Waals surface area contributed by atoms with Crippen LogP contribution in [0.15, 0.2) is 71.6 Å². The first-order chi connectivity index (χ1) is 13.0. The summed E-state index contributed by atoms with van der Waals surface area (Å²) in [4.78, 5) is 25.7. The van der Waals surface area contributed by atoms with Crippen LogP contribution >= 0.6 is 24.0 Å². The summed E-state index contributed by atoms with van der Waals surface area (Å²) in [6.07, 6.45) is 1.84. The van der Waals surface area contributed by atoms with Gasteiger partial charge in [-0.15, -0.1) is 0 Å². The van der Waals surface area contributed by atoms with Crippen LogP contribution in [-0.2, 0) is 4.79 Å². The van der Waals surface area contributed by atoms with E-state index in [0.717, 1.165) is 16.3 Å². The highest BCUT2D eigenvalue weighted by atomic mass is 32.2. The zero-order chi connectivity index (χ0) is 19.0. The number of benzene rings is 3. The first-order valence-corrected chi connectivity index (χ1v) is 9.34. The van der Waals surface area contributed by atoms with Crippen LogP contribution in [0.4, 0.5) is 5.69 Å². The quantitative estimate of drug-likeness (QED) is 0.505. The van der Waals surface area contributed by atoms with Crippen LogP contribution < -0.4 is 10.0 Å². The van der Waals surface area contributed by atoms with Crippen molar-refractivity contribution in [2.75, 3.05) is 4.90 Å². The number of amides is 1. The van der Waals surface area contributed by atoms with Gasteiger partial charge < -0.3 is 9.90 Å². The lowest BCUT2D eigenvalue weighted by molar-refractivity contribution is -0.255. The summed E-state index contributed by atoms with van der Waals surface area (Å²) in [5, 5.41) is 13.0. The second-order valence-electron chi connectivity index (χ2n) is 5.92. The summed E-state index contributed by atoms with van der Waals surface area (Å²) < 4.78 is 0.410. The largest absolute Gasteiger partial charge is 0.545 e. The Morgan fingerprint density at radius 3 is 2.44 bits per heavy atom. The number of hydrogen-bond acceptors (Lipinski definition) is 5. The molecular formula is C21H12NO3S2-. The number of hydrogen-bond donors (Lipinski definition) is 0. The predicted octanol–water partition coefficient (Wildman–Crippen LogP) is 3.61. The zero-order valence-corrected chi connectivity index (χ0v) is 15.5. The first-order valence-electron chi connectivity index (χ1n) is 8.12. The van der Waals surface area contributed by atoms with Gasteiger partial charge >= 0.3 is 0 Å². The summed E-state index contributed by atoms with van der Waals surface area (Å²) in [7, 11) is 0. The Labute approximate surface area is 165 Å². The minimum atomic E-state index is -1.26. The molecule has 0 bridgehead atoms. The molecule has 6 heteroatoms. The monoisotopic (exact) mass is 390 g/mol. The Hall–Kier alpha value is -2.96. The van der Waals surface area contributed by atoms with Gasteiger partial charge in [0.1, 0.15) is 0 Å². The fourth-order valence-electron chi connectivity index (χ4n) is 2.95. The van der Waals surface area contributed by atoms with E-state index in [0.29, 0.717) is 14.9 Å². The number of thiocarbonyl (C=S) groups is 1. The van der Waals surface area contributed by atoms with Crippen LogP contribution in [0.25, 0.3) is 16.8 Å². The predicted molar refractivity (Wildman–Crippen MR) is 110 cm³/mol. The van der Waals surface area contributed by atoms with Crippen molar-refractivity contribution in [1.29, 1.82) is 0 Å². The van der Waals surface area contributed by atoms with E-state index in [1.165, 1.54) is 28.8 Å². The van der Waals surface area contributed by atoms with E-state index in [4.69, 9.17) is 12.2 Å². The lowest BCUT2D eigenvalue weighted by Gasteiger charge is -2.15. The third kappa shape index (κ3) is 3.25. The average Bonchev–Trinajstić information content (AvgIpc) is 2.95. The highest BCUT2D eigenvalue weighted by Crippen LogP contribution is 2.36. The van der Waals surface area contributed by atoms with E-state index in [2.05, 4.69) is 0 Å². The van der Waals surface area contributed by atoms with Gasteiger partial charge in [-0.25, -0.2) is 0 Å². The highest BCUT2D eigenvalue weighted by Gasteiger charge is 2.33. The van der Waals surface area contributed by atoms with Crippen LogP contribution in [0.3, 0.4) is 0 Å². The van der Waals surface area contributed by atoms with Crippen LogP contribution in [0.1, 0.15) is 15.9 Å². The van der Waals surface area contributed by atoms with E-state index in [-0.39, 0.29) is 11.5 Å². The van der Waals surface area contributed by atoms with Crippen molar-refractivity contribution in [3.63, 3.8) is 0 Å². The molecule has 4 rings (SSSR count). The molecule has 1 amide bonds. The van der Waals surface area contributed by atoms with Crippen molar-refractivity contribution in [3.05, 3.63) is 82.8 Å². The molecule has 132 valence electrons. The molecule has 0 radical (unpaired) electrons. The molecule has 0 aromatic heterocycles. The Bertz CT molecular complexity index is 1110. The zero-order valence-electron chi connectivity index (χ0n) is 13.9. The maximum atomic E-state index is 12.9. The number of carbonyl (C=O) groups excluding carboxylic acids is 2. The second-order valence-corrected chi connectivity index (χ2v) is 7.60. The average molecular weight is 390 g/mol. The maximum Gasteiger partial charge on any atom is 0.270 e. The molecule has 0 spiro atoms. The van der Waals surface area contributed by atoms with Crippen molar-refractivity contribution in [2.45, 2.75) is 0 Å². The molecule has 0 saturated carbocycles. The summed E-state index contributed by atoms with van der Waals surface area (Å²) in [6.45, 7) is 0. The van der Waals surface area contributed by atoms with Crippen molar-refractivity contribution < 1.29 is 14.7 Å². The van der Waals surface area contributed by atoms with Gasteiger partial charge in [0, 0.05) is 0 Å². The van der Waals surface area contributed by atoms with Gasteiger partial charge in [-0.1, -0.05) is 78.6 Å². The molecule has 1 fully saturated rings. The Balaban J connectivity index is 1.70. The maximum absolute atomic E-state index is 12.9. The Kier molecular flexibility index (Phi) is 4.51. The van der Waals surface area contributed by atoms with Crippen molar-refractivity contribution in [2.24, 2.45) is 0 Å². The number of carboxylic acid groups (broad SMARTS) is 1. The second kappa shape index (κ2) is 6.98. The van der Waals surface area contributed by atoms with Crippen molar-refractivity contribution in [3.8, 4) is 0 Å². The molecule has 3 aromatic rings. The summed E-state index contributed by atoms with van der Waals surface area (Å²) in [5.74, 6) is -1.48. The molecule has 1 aliphatic rings. The van der Waals surface area contributed by atoms with Gasteiger partial charge in [-0.05, 0) is 40.1 Å². The minimum absolute atomic E-state index is 0.0514. The topological polar surface area (TPSA) is 60.4 Å². The van der Waals surface area contributed by atoms with Gasteiger partial charge in [-0.3, -0.25) is 9.69 Å². The number of rotatable bonds is 3. The third-order valence-electron chi connectivity index (χ3n) is 4.26. The molecule has 1 heterocycles. The SMILES string of the molecule is O=C([O-])c1ccc(N2C(=O)/C(=C/c3cccc4ccccc34)SC2=S)cc1. The van der Waals surface area contributed by atoms with Crippen LogP contribution in [0.5, 0.6) is 0 Å². The number of carboxylic acids is 1. The molecule has 0 aliphatic carbocycles. The summed E-state index contributed by atoms with van der Waals surface area (Å²) >= 11 is 6.60. The molecule has 1 aliphatic heterocycles. The molecule has 0 unspecified atom stereocenters. The van der Waals surface area contributed by atoms with Crippen LogP contribution in [0, 0.1) is 0 Å². The van der Waals surface area contributed by atoms with Crippen LogP contribution in [-0.4, -0.2) is 16.2 Å². The van der Waals surface area contributed by atoms with Gasteiger partial charge in [0.2, 0.25) is 0 Å². The molecule has 3 aromatic carbocycles. The van der Waals surface area contributed by atoms with Gasteiger partial charge in [-0.2, -0.15) is 0 Å². The Morgan fingerprint density at radius 1 is 1.00 bits per heavy atom. The first kappa shape index (κ1) is 17.5. The minimum Gasteiger partial charge on any atom is -0.545 e. The smallest absolute Gasteiger partial charge is 0.270 e. The number of thioether (sulfide) groups is 1. The fraction of sp³-hybridized carbons (Fsp3) is 0. The number of aromatic carboxylic acids is 1. The normalized spacial score (nSPS) is 15.7. The third-order valence-corrected chi connectivity index (χ3v) is 5.57. The van der Waals surface area contributed by atoms with Gasteiger partial charge in [0.15, 0.2) is 4.32 Å². The van der Waals surface area contributed by atoms with Crippen molar-refractivity contribution in [1.82, 2.24) is 0 Å². The van der Waals surface area contributed by atoms with Gasteiger partial charge in [0.25, 0.3) is 5.91 Å². The van der Waals surface area contributed by atoms with E-state index in [1.54, 1.807) is 12.1 Å². The number of nitrogens with zero attached hydrogens (tertiary/aromatic N) is 1.